The maximum atomic E-state index is 11.7. The summed E-state index contributed by atoms with van der Waals surface area (Å²) in [5.41, 5.74) is -0.502. The zero-order chi connectivity index (χ0) is 13.1. The van der Waals surface area contributed by atoms with Gasteiger partial charge in [-0.05, 0) is 39.2 Å². The number of hydrogen-bond donors (Lipinski definition) is 1. The van der Waals surface area contributed by atoms with Crippen LogP contribution in [0, 0.1) is 11.3 Å². The minimum Gasteiger partial charge on any atom is -0.481 e. The maximum Gasteiger partial charge on any atom is 0.310 e. The molecule has 0 heterocycles. The van der Waals surface area contributed by atoms with Crippen LogP contribution in [-0.2, 0) is 4.79 Å². The lowest BCUT2D eigenvalue weighted by Gasteiger charge is -2.41. The lowest BCUT2D eigenvalue weighted by atomic mass is 9.69. The molecule has 0 amide bonds. The highest BCUT2D eigenvalue weighted by molar-refractivity contribution is 5.75. The van der Waals surface area contributed by atoms with Gasteiger partial charge in [-0.25, -0.2) is 0 Å². The van der Waals surface area contributed by atoms with Gasteiger partial charge in [0, 0.05) is 12.6 Å². The number of rotatable bonds is 5. The van der Waals surface area contributed by atoms with Crippen LogP contribution in [0.2, 0.25) is 0 Å². The highest BCUT2D eigenvalue weighted by Crippen LogP contribution is 2.40. The fraction of sp³-hybridized carbons (Fsp3) is 0.929. The van der Waals surface area contributed by atoms with Crippen LogP contribution in [0.4, 0.5) is 0 Å². The Kier molecular flexibility index (Phi) is 4.99. The Hall–Kier alpha value is -0.570. The van der Waals surface area contributed by atoms with E-state index >= 15 is 0 Å². The van der Waals surface area contributed by atoms with Crippen LogP contribution in [0.3, 0.4) is 0 Å². The highest BCUT2D eigenvalue weighted by atomic mass is 16.4. The first kappa shape index (κ1) is 14.5. The summed E-state index contributed by atoms with van der Waals surface area (Å²) < 4.78 is 0. The minimum absolute atomic E-state index is 0.424. The van der Waals surface area contributed by atoms with E-state index in [0.717, 1.165) is 25.8 Å². The molecule has 0 spiro atoms. The summed E-state index contributed by atoms with van der Waals surface area (Å²) in [4.78, 5) is 14.0. The van der Waals surface area contributed by atoms with Gasteiger partial charge in [0.05, 0.1) is 5.41 Å². The molecular weight excluding hydrogens is 214 g/mol. The van der Waals surface area contributed by atoms with Gasteiger partial charge in [0.25, 0.3) is 0 Å². The predicted octanol–water partition coefficient (Wildman–Crippen LogP) is 3.00. The second-order valence-corrected chi connectivity index (χ2v) is 5.94. The summed E-state index contributed by atoms with van der Waals surface area (Å²) in [7, 11) is 0. The Bertz CT molecular complexity index is 265. The molecule has 0 radical (unpaired) electrons. The largest absolute Gasteiger partial charge is 0.481 e. The Morgan fingerprint density at radius 1 is 1.53 bits per heavy atom. The van der Waals surface area contributed by atoms with Crippen molar-refractivity contribution in [1.82, 2.24) is 4.90 Å². The van der Waals surface area contributed by atoms with Gasteiger partial charge in [-0.2, -0.15) is 0 Å². The second-order valence-electron chi connectivity index (χ2n) is 5.94. The van der Waals surface area contributed by atoms with Crippen LogP contribution in [0.15, 0.2) is 0 Å². The monoisotopic (exact) mass is 241 g/mol. The first-order chi connectivity index (χ1) is 7.91. The first-order valence-electron chi connectivity index (χ1n) is 6.88. The molecule has 1 saturated carbocycles. The molecule has 3 heteroatoms. The van der Waals surface area contributed by atoms with Crippen molar-refractivity contribution in [1.29, 1.82) is 0 Å². The normalized spacial score (nSPS) is 29.9. The van der Waals surface area contributed by atoms with E-state index in [1.807, 2.05) is 0 Å². The molecule has 0 saturated heterocycles. The van der Waals surface area contributed by atoms with Crippen molar-refractivity contribution in [2.24, 2.45) is 11.3 Å². The van der Waals surface area contributed by atoms with Gasteiger partial charge < -0.3 is 10.0 Å². The van der Waals surface area contributed by atoms with Gasteiger partial charge >= 0.3 is 5.97 Å². The molecule has 0 aromatic carbocycles. The molecule has 0 aromatic rings. The van der Waals surface area contributed by atoms with E-state index in [1.54, 1.807) is 0 Å². The molecule has 100 valence electrons. The summed E-state index contributed by atoms with van der Waals surface area (Å²) in [6.45, 7) is 10.2. The van der Waals surface area contributed by atoms with Gasteiger partial charge in [0.15, 0.2) is 0 Å². The Morgan fingerprint density at radius 2 is 2.18 bits per heavy atom. The van der Waals surface area contributed by atoms with Crippen molar-refractivity contribution in [3.05, 3.63) is 0 Å². The zero-order valence-electron chi connectivity index (χ0n) is 11.7. The van der Waals surface area contributed by atoms with Crippen molar-refractivity contribution < 1.29 is 9.90 Å². The molecule has 3 nitrogen and oxygen atoms in total. The van der Waals surface area contributed by atoms with Crippen molar-refractivity contribution in [2.75, 3.05) is 13.1 Å². The zero-order valence-corrected chi connectivity index (χ0v) is 11.7. The number of carboxylic acid groups (broad SMARTS) is 1. The highest BCUT2D eigenvalue weighted by Gasteiger charge is 2.43. The van der Waals surface area contributed by atoms with Crippen molar-refractivity contribution in [2.45, 2.75) is 59.4 Å². The van der Waals surface area contributed by atoms with Gasteiger partial charge in [0.1, 0.15) is 0 Å². The molecule has 1 rings (SSSR count). The van der Waals surface area contributed by atoms with Crippen LogP contribution in [-0.4, -0.2) is 35.1 Å². The average molecular weight is 241 g/mol. The summed E-state index contributed by atoms with van der Waals surface area (Å²) in [5, 5.41) is 9.61. The molecule has 0 aliphatic heterocycles. The van der Waals surface area contributed by atoms with E-state index in [2.05, 4.69) is 32.6 Å². The molecule has 0 aromatic heterocycles. The molecule has 1 aliphatic rings. The third-order valence-electron chi connectivity index (χ3n) is 4.19. The van der Waals surface area contributed by atoms with Gasteiger partial charge in [-0.1, -0.05) is 26.7 Å². The Morgan fingerprint density at radius 3 is 2.59 bits per heavy atom. The number of aliphatic carboxylic acids is 1. The third-order valence-corrected chi connectivity index (χ3v) is 4.19. The quantitative estimate of drug-likeness (QED) is 0.804. The smallest absolute Gasteiger partial charge is 0.310 e. The predicted molar refractivity (Wildman–Crippen MR) is 70.1 cm³/mol. The average Bonchev–Trinajstić information content (AvgIpc) is 2.25. The number of carboxylic acids is 1. The first-order valence-corrected chi connectivity index (χ1v) is 6.88. The molecule has 1 aliphatic carbocycles. The van der Waals surface area contributed by atoms with E-state index < -0.39 is 11.4 Å². The summed E-state index contributed by atoms with van der Waals surface area (Å²) in [6.07, 6.45) is 3.92. The molecule has 2 unspecified atom stereocenters. The van der Waals surface area contributed by atoms with Crippen LogP contribution >= 0.6 is 0 Å². The van der Waals surface area contributed by atoms with Crippen molar-refractivity contribution >= 4 is 5.97 Å². The third kappa shape index (κ3) is 3.44. The number of carbonyl (C=O) groups is 1. The van der Waals surface area contributed by atoms with Crippen LogP contribution in [0.25, 0.3) is 0 Å². The molecular formula is C14H27NO2. The number of hydrogen-bond acceptors (Lipinski definition) is 2. The molecule has 1 N–H and O–H groups in total. The topological polar surface area (TPSA) is 40.5 Å². The van der Waals surface area contributed by atoms with Crippen molar-refractivity contribution in [3.63, 3.8) is 0 Å². The SMILES string of the molecule is CCN(CC1(C(=O)O)CCCC(C)C1)C(C)C. The summed E-state index contributed by atoms with van der Waals surface area (Å²) >= 11 is 0. The van der Waals surface area contributed by atoms with E-state index in [-0.39, 0.29) is 0 Å². The Balaban J connectivity index is 2.81. The van der Waals surface area contributed by atoms with Crippen LogP contribution in [0.5, 0.6) is 0 Å². The lowest BCUT2D eigenvalue weighted by molar-refractivity contribution is -0.154. The van der Waals surface area contributed by atoms with E-state index in [0.29, 0.717) is 18.5 Å². The lowest BCUT2D eigenvalue weighted by Crippen LogP contribution is -2.47. The number of nitrogens with zero attached hydrogens (tertiary/aromatic N) is 1. The fourth-order valence-electron chi connectivity index (χ4n) is 3.11. The molecule has 17 heavy (non-hydrogen) atoms. The minimum atomic E-state index is -0.594. The van der Waals surface area contributed by atoms with Crippen LogP contribution in [0.1, 0.15) is 53.4 Å². The van der Waals surface area contributed by atoms with E-state index in [9.17, 15) is 9.90 Å². The summed E-state index contributed by atoms with van der Waals surface area (Å²) in [5.74, 6) is -0.0473. The van der Waals surface area contributed by atoms with Gasteiger partial charge in [-0.3, -0.25) is 4.79 Å². The molecule has 1 fully saturated rings. The van der Waals surface area contributed by atoms with E-state index in [1.165, 1.54) is 6.42 Å². The maximum absolute atomic E-state index is 11.7. The standard InChI is InChI=1S/C14H27NO2/c1-5-15(11(2)3)10-14(13(16)17)8-6-7-12(4)9-14/h11-12H,5-10H2,1-4H3,(H,16,17). The molecule has 2 atom stereocenters. The Labute approximate surface area is 105 Å². The van der Waals surface area contributed by atoms with Crippen LogP contribution < -0.4 is 0 Å². The van der Waals surface area contributed by atoms with Gasteiger partial charge in [-0.15, -0.1) is 0 Å². The van der Waals surface area contributed by atoms with Crippen molar-refractivity contribution in [3.8, 4) is 0 Å². The summed E-state index contributed by atoms with van der Waals surface area (Å²) in [6, 6.07) is 0.424. The molecule has 0 bridgehead atoms. The second kappa shape index (κ2) is 5.85. The van der Waals surface area contributed by atoms with E-state index in [4.69, 9.17) is 0 Å². The van der Waals surface area contributed by atoms with Gasteiger partial charge in [0.2, 0.25) is 0 Å². The fourth-order valence-corrected chi connectivity index (χ4v) is 3.11.